The van der Waals surface area contributed by atoms with Gasteiger partial charge in [0, 0.05) is 0 Å². The van der Waals surface area contributed by atoms with Crippen LogP contribution in [0, 0.1) is 0 Å². The average Bonchev–Trinajstić information content (AvgIpc) is 2.34. The van der Waals surface area contributed by atoms with Crippen molar-refractivity contribution in [2.75, 3.05) is 13.1 Å². The van der Waals surface area contributed by atoms with Crippen molar-refractivity contribution in [2.24, 2.45) is 0 Å². The number of fused-ring (bicyclic) bond motifs is 1. The fourth-order valence-corrected chi connectivity index (χ4v) is 1.64. The Labute approximate surface area is 104 Å². The molecule has 0 atom stereocenters. The van der Waals surface area contributed by atoms with Crippen molar-refractivity contribution >= 4 is 13.1 Å². The largest absolute Gasteiger partial charge is 0.563 e. The number of ether oxygens (including phenoxy) is 2. The number of hydrogen-bond donors (Lipinski definition) is 2. The maximum absolute atomic E-state index is 11.3. The molecule has 6 nitrogen and oxygen atoms in total. The molecule has 0 saturated carbocycles. The Morgan fingerprint density at radius 1 is 1.56 bits per heavy atom. The minimum atomic E-state index is -1.18. The standard InChI is InChI=1S/C11H13BO6/c1-2-5-16-7-3-4-8-10(9(7)11(13)14)18-12(15)6-17-8/h3-4,15H,2,5-6H2,1H3,(H,13,14). The number of hydrogen-bond acceptors (Lipinski definition) is 5. The molecule has 0 aromatic heterocycles. The summed E-state index contributed by atoms with van der Waals surface area (Å²) in [6.07, 6.45) is 0.760. The molecule has 0 radical (unpaired) electrons. The Hall–Kier alpha value is -1.89. The molecule has 1 aliphatic heterocycles. The van der Waals surface area contributed by atoms with Gasteiger partial charge in [-0.25, -0.2) is 4.79 Å². The minimum absolute atomic E-state index is 0.00912. The number of carboxylic acids is 1. The van der Waals surface area contributed by atoms with E-state index in [0.717, 1.165) is 6.42 Å². The number of carboxylic acid groups (broad SMARTS) is 1. The predicted molar refractivity (Wildman–Crippen MR) is 63.3 cm³/mol. The van der Waals surface area contributed by atoms with E-state index in [4.69, 9.17) is 14.1 Å². The Balaban J connectivity index is 2.43. The molecular weight excluding hydrogens is 239 g/mol. The fraction of sp³-hybridized carbons (Fsp3) is 0.364. The summed E-state index contributed by atoms with van der Waals surface area (Å²) in [5.41, 5.74) is -0.125. The normalized spacial score (nSPS) is 13.3. The van der Waals surface area contributed by atoms with E-state index in [9.17, 15) is 14.9 Å². The summed E-state index contributed by atoms with van der Waals surface area (Å²) >= 11 is 0. The van der Waals surface area contributed by atoms with E-state index in [1.54, 1.807) is 6.07 Å². The third-order valence-corrected chi connectivity index (χ3v) is 2.39. The molecule has 0 fully saturated rings. The first-order chi connectivity index (χ1) is 8.63. The first-order valence-electron chi connectivity index (χ1n) is 5.64. The Kier molecular flexibility index (Phi) is 3.62. The second-order valence-electron chi connectivity index (χ2n) is 3.80. The van der Waals surface area contributed by atoms with E-state index < -0.39 is 13.1 Å². The Morgan fingerprint density at radius 2 is 2.33 bits per heavy atom. The van der Waals surface area contributed by atoms with Gasteiger partial charge in [0.05, 0.1) is 6.61 Å². The van der Waals surface area contributed by atoms with E-state index >= 15 is 0 Å². The van der Waals surface area contributed by atoms with Gasteiger partial charge >= 0.3 is 13.1 Å². The van der Waals surface area contributed by atoms with Gasteiger partial charge in [-0.05, 0) is 18.6 Å². The smallest absolute Gasteiger partial charge is 0.531 e. The molecule has 0 unspecified atom stereocenters. The van der Waals surface area contributed by atoms with Gasteiger partial charge in [0.25, 0.3) is 0 Å². The molecule has 2 rings (SSSR count). The van der Waals surface area contributed by atoms with Crippen molar-refractivity contribution in [3.63, 3.8) is 0 Å². The highest BCUT2D eigenvalue weighted by atomic mass is 16.6. The summed E-state index contributed by atoms with van der Waals surface area (Å²) in [5, 5.41) is 18.6. The highest BCUT2D eigenvalue weighted by Crippen LogP contribution is 2.39. The van der Waals surface area contributed by atoms with Gasteiger partial charge in [0.2, 0.25) is 0 Å². The van der Waals surface area contributed by atoms with E-state index in [-0.39, 0.29) is 23.6 Å². The van der Waals surface area contributed by atoms with Crippen molar-refractivity contribution in [1.29, 1.82) is 0 Å². The number of carbonyl (C=O) groups is 1. The summed E-state index contributed by atoms with van der Waals surface area (Å²) in [5.74, 6) is -0.673. The van der Waals surface area contributed by atoms with E-state index in [1.807, 2.05) is 6.92 Å². The lowest BCUT2D eigenvalue weighted by Crippen LogP contribution is -2.34. The van der Waals surface area contributed by atoms with Gasteiger partial charge < -0.3 is 24.3 Å². The van der Waals surface area contributed by atoms with Crippen LogP contribution < -0.4 is 14.1 Å². The van der Waals surface area contributed by atoms with Crippen molar-refractivity contribution in [3.8, 4) is 17.2 Å². The molecule has 1 aromatic carbocycles. The van der Waals surface area contributed by atoms with Crippen LogP contribution in [-0.2, 0) is 0 Å². The topological polar surface area (TPSA) is 85.2 Å². The first kappa shape index (κ1) is 12.6. The summed E-state index contributed by atoms with van der Waals surface area (Å²) in [6, 6.07) is 3.09. The van der Waals surface area contributed by atoms with Crippen LogP contribution in [0.15, 0.2) is 12.1 Å². The maximum Gasteiger partial charge on any atom is 0.563 e. The molecule has 0 aliphatic carbocycles. The molecule has 1 aliphatic rings. The Bertz CT molecular complexity index is 461. The van der Waals surface area contributed by atoms with Crippen molar-refractivity contribution in [1.82, 2.24) is 0 Å². The zero-order chi connectivity index (χ0) is 13.1. The average molecular weight is 252 g/mol. The molecule has 2 N–H and O–H groups in total. The molecule has 0 spiro atoms. The fourth-order valence-electron chi connectivity index (χ4n) is 1.64. The molecule has 1 aromatic rings. The first-order valence-corrected chi connectivity index (χ1v) is 5.64. The van der Waals surface area contributed by atoms with Crippen LogP contribution in [-0.4, -0.2) is 36.3 Å². The van der Waals surface area contributed by atoms with Gasteiger partial charge in [-0.3, -0.25) is 0 Å². The quantitative estimate of drug-likeness (QED) is 0.776. The summed E-state index contributed by atoms with van der Waals surface area (Å²) < 4.78 is 15.7. The van der Waals surface area contributed by atoms with Crippen molar-refractivity contribution in [2.45, 2.75) is 13.3 Å². The summed E-state index contributed by atoms with van der Waals surface area (Å²) in [7, 11) is -1.17. The van der Waals surface area contributed by atoms with Crippen LogP contribution in [0.1, 0.15) is 23.7 Å². The van der Waals surface area contributed by atoms with E-state index in [2.05, 4.69) is 0 Å². The second-order valence-corrected chi connectivity index (χ2v) is 3.80. The lowest BCUT2D eigenvalue weighted by Gasteiger charge is -2.23. The zero-order valence-electron chi connectivity index (χ0n) is 9.88. The summed E-state index contributed by atoms with van der Waals surface area (Å²) in [4.78, 5) is 11.3. The van der Waals surface area contributed by atoms with Crippen LogP contribution in [0.3, 0.4) is 0 Å². The van der Waals surface area contributed by atoms with Crippen LogP contribution in [0.5, 0.6) is 17.2 Å². The lowest BCUT2D eigenvalue weighted by molar-refractivity contribution is 0.0688. The van der Waals surface area contributed by atoms with Crippen LogP contribution in [0.25, 0.3) is 0 Å². The molecule has 1 heterocycles. The number of benzene rings is 1. The van der Waals surface area contributed by atoms with Gasteiger partial charge in [0.1, 0.15) is 17.8 Å². The summed E-state index contributed by atoms with van der Waals surface area (Å²) in [6.45, 7) is 2.30. The van der Waals surface area contributed by atoms with Gasteiger partial charge in [-0.15, -0.1) is 0 Å². The van der Waals surface area contributed by atoms with E-state index in [0.29, 0.717) is 12.4 Å². The highest BCUT2D eigenvalue weighted by molar-refractivity contribution is 6.44. The monoisotopic (exact) mass is 252 g/mol. The van der Waals surface area contributed by atoms with Crippen LogP contribution in [0.4, 0.5) is 0 Å². The van der Waals surface area contributed by atoms with Crippen molar-refractivity contribution < 1.29 is 29.1 Å². The molecule has 0 saturated heterocycles. The molecular formula is C11H13BO6. The second kappa shape index (κ2) is 5.18. The minimum Gasteiger partial charge on any atom is -0.531 e. The predicted octanol–water partition coefficient (Wildman–Crippen LogP) is 0.964. The number of rotatable bonds is 4. The highest BCUT2D eigenvalue weighted by Gasteiger charge is 2.31. The Morgan fingerprint density at radius 3 is 3.00 bits per heavy atom. The van der Waals surface area contributed by atoms with Crippen LogP contribution >= 0.6 is 0 Å². The van der Waals surface area contributed by atoms with Crippen LogP contribution in [0.2, 0.25) is 0 Å². The zero-order valence-corrected chi connectivity index (χ0v) is 9.88. The lowest BCUT2D eigenvalue weighted by atomic mass is 9.91. The molecule has 96 valence electrons. The van der Waals surface area contributed by atoms with Gasteiger partial charge in [-0.1, -0.05) is 6.92 Å². The third kappa shape index (κ3) is 2.35. The molecule has 0 amide bonds. The molecule has 7 heteroatoms. The SMILES string of the molecule is CCCOc1ccc2c(c1C(=O)O)OB(O)CO2. The van der Waals surface area contributed by atoms with E-state index in [1.165, 1.54) is 6.07 Å². The van der Waals surface area contributed by atoms with Crippen molar-refractivity contribution in [3.05, 3.63) is 17.7 Å². The van der Waals surface area contributed by atoms with Gasteiger partial charge in [-0.2, -0.15) is 0 Å². The maximum atomic E-state index is 11.3. The third-order valence-electron chi connectivity index (χ3n) is 2.39. The molecule has 18 heavy (non-hydrogen) atoms. The molecule has 0 bridgehead atoms. The van der Waals surface area contributed by atoms with Gasteiger partial charge in [0.15, 0.2) is 11.5 Å². The number of aromatic carboxylic acids is 1.